The molecular weight excluding hydrogens is 392 g/mol. The van der Waals surface area contributed by atoms with Crippen LogP contribution in [0.1, 0.15) is 16.1 Å². The van der Waals surface area contributed by atoms with Gasteiger partial charge in [-0.2, -0.15) is 5.10 Å². The number of aryl methyl sites for hydroxylation is 1. The van der Waals surface area contributed by atoms with Crippen molar-refractivity contribution in [3.05, 3.63) is 52.9 Å². The molecule has 0 spiro atoms. The number of benzene rings is 1. The number of amides is 1. The molecule has 1 amide bonds. The van der Waals surface area contributed by atoms with Crippen LogP contribution in [0, 0.1) is 6.92 Å². The predicted octanol–water partition coefficient (Wildman–Crippen LogP) is 3.13. The van der Waals surface area contributed by atoms with Gasteiger partial charge in [0.25, 0.3) is 15.9 Å². The van der Waals surface area contributed by atoms with E-state index in [2.05, 4.69) is 14.9 Å². The van der Waals surface area contributed by atoms with Gasteiger partial charge in [0.2, 0.25) is 0 Å². The van der Waals surface area contributed by atoms with Gasteiger partial charge in [0.15, 0.2) is 5.76 Å². The normalized spacial score (nSPS) is 11.4. The van der Waals surface area contributed by atoms with Crippen molar-refractivity contribution in [2.24, 2.45) is 0 Å². The Kier molecular flexibility index (Phi) is 4.99. The third-order valence-electron chi connectivity index (χ3n) is 3.76. The number of anilines is 1. The molecule has 8 nitrogen and oxygen atoms in total. The fourth-order valence-corrected chi connectivity index (χ4v) is 3.91. The standard InChI is InChI=1S/C17H17ClN4O4S/c1-10-15(27(24,25)21-12-6-4-5-11(18)7-12)8-14(26-10)16-13(9-19-20-16)17(23)22(2)3/h4-9,21H,1-3H3,(H,19,20). The van der Waals surface area contributed by atoms with Crippen LogP contribution in [-0.2, 0) is 10.0 Å². The van der Waals surface area contributed by atoms with E-state index in [1.165, 1.54) is 30.2 Å². The second kappa shape index (κ2) is 7.09. The van der Waals surface area contributed by atoms with Gasteiger partial charge in [0.05, 0.1) is 17.4 Å². The summed E-state index contributed by atoms with van der Waals surface area (Å²) in [4.78, 5) is 13.6. The molecule has 0 aliphatic heterocycles. The summed E-state index contributed by atoms with van der Waals surface area (Å²) in [5.41, 5.74) is 0.913. The number of furan rings is 1. The Morgan fingerprint density at radius 1 is 1.30 bits per heavy atom. The lowest BCUT2D eigenvalue weighted by atomic mass is 10.2. The van der Waals surface area contributed by atoms with E-state index in [1.54, 1.807) is 32.3 Å². The molecule has 0 radical (unpaired) electrons. The van der Waals surface area contributed by atoms with Crippen LogP contribution in [0.5, 0.6) is 0 Å². The number of sulfonamides is 1. The first-order valence-electron chi connectivity index (χ1n) is 7.83. The molecule has 27 heavy (non-hydrogen) atoms. The maximum Gasteiger partial charge on any atom is 0.265 e. The lowest BCUT2D eigenvalue weighted by Crippen LogP contribution is -2.21. The van der Waals surface area contributed by atoms with E-state index < -0.39 is 10.0 Å². The average molecular weight is 409 g/mol. The van der Waals surface area contributed by atoms with Gasteiger partial charge >= 0.3 is 0 Å². The Hall–Kier alpha value is -2.78. The van der Waals surface area contributed by atoms with E-state index in [1.807, 2.05) is 0 Å². The highest BCUT2D eigenvalue weighted by molar-refractivity contribution is 7.92. The van der Waals surface area contributed by atoms with E-state index in [0.717, 1.165) is 0 Å². The second-order valence-corrected chi connectivity index (χ2v) is 8.09. The maximum absolute atomic E-state index is 12.7. The lowest BCUT2D eigenvalue weighted by Gasteiger charge is -2.08. The van der Waals surface area contributed by atoms with E-state index in [4.69, 9.17) is 16.0 Å². The van der Waals surface area contributed by atoms with Gasteiger partial charge in [-0.15, -0.1) is 0 Å². The fraction of sp³-hybridized carbons (Fsp3) is 0.176. The largest absolute Gasteiger partial charge is 0.458 e. The summed E-state index contributed by atoms with van der Waals surface area (Å²) in [5.74, 6) is 0.0910. The summed E-state index contributed by atoms with van der Waals surface area (Å²) in [6.07, 6.45) is 1.37. The van der Waals surface area contributed by atoms with Gasteiger partial charge in [0.1, 0.15) is 16.3 Å². The van der Waals surface area contributed by atoms with E-state index in [0.29, 0.717) is 16.4 Å². The Morgan fingerprint density at radius 3 is 2.70 bits per heavy atom. The fourth-order valence-electron chi connectivity index (χ4n) is 2.49. The molecule has 0 saturated carbocycles. The van der Waals surface area contributed by atoms with Crippen LogP contribution in [0.25, 0.3) is 11.5 Å². The zero-order chi connectivity index (χ0) is 19.8. The molecule has 0 fully saturated rings. The third kappa shape index (κ3) is 3.83. The number of nitrogens with one attached hydrogen (secondary N) is 2. The Labute approximate surface area is 161 Å². The van der Waals surface area contributed by atoms with Gasteiger partial charge in [-0.05, 0) is 25.1 Å². The van der Waals surface area contributed by atoms with Crippen LogP contribution in [-0.4, -0.2) is 43.5 Å². The highest BCUT2D eigenvalue weighted by Crippen LogP contribution is 2.30. The van der Waals surface area contributed by atoms with Crippen molar-refractivity contribution in [3.63, 3.8) is 0 Å². The molecule has 0 aliphatic rings. The molecule has 0 unspecified atom stereocenters. The first-order chi connectivity index (χ1) is 12.7. The van der Waals surface area contributed by atoms with Gasteiger partial charge in [-0.3, -0.25) is 14.6 Å². The van der Waals surface area contributed by atoms with Crippen LogP contribution in [0.2, 0.25) is 5.02 Å². The van der Waals surface area contributed by atoms with E-state index >= 15 is 0 Å². The number of nitrogens with zero attached hydrogens (tertiary/aromatic N) is 2. The number of rotatable bonds is 5. The average Bonchev–Trinajstić information content (AvgIpc) is 3.20. The van der Waals surface area contributed by atoms with Gasteiger partial charge in [-0.1, -0.05) is 17.7 Å². The van der Waals surface area contributed by atoms with Crippen molar-refractivity contribution < 1.29 is 17.6 Å². The highest BCUT2D eigenvalue weighted by Gasteiger charge is 2.25. The molecule has 0 bridgehead atoms. The molecule has 142 valence electrons. The van der Waals surface area contributed by atoms with Crippen molar-refractivity contribution in [3.8, 4) is 11.5 Å². The van der Waals surface area contributed by atoms with E-state index in [9.17, 15) is 13.2 Å². The second-order valence-electron chi connectivity index (χ2n) is 6.01. The zero-order valence-corrected chi connectivity index (χ0v) is 16.4. The lowest BCUT2D eigenvalue weighted by molar-refractivity contribution is 0.0828. The summed E-state index contributed by atoms with van der Waals surface area (Å²) < 4.78 is 33.5. The monoisotopic (exact) mass is 408 g/mol. The van der Waals surface area contributed by atoms with Crippen molar-refractivity contribution in [2.75, 3.05) is 18.8 Å². The summed E-state index contributed by atoms with van der Waals surface area (Å²) >= 11 is 5.89. The van der Waals surface area contributed by atoms with Gasteiger partial charge in [-0.25, -0.2) is 8.42 Å². The predicted molar refractivity (Wildman–Crippen MR) is 101 cm³/mol. The smallest absolute Gasteiger partial charge is 0.265 e. The van der Waals surface area contributed by atoms with Crippen molar-refractivity contribution in [1.82, 2.24) is 15.1 Å². The molecule has 1 aromatic carbocycles. The van der Waals surface area contributed by atoms with Gasteiger partial charge < -0.3 is 9.32 Å². The molecule has 2 N–H and O–H groups in total. The van der Waals surface area contributed by atoms with Crippen LogP contribution in [0.4, 0.5) is 5.69 Å². The molecule has 0 atom stereocenters. The van der Waals surface area contributed by atoms with E-state index in [-0.39, 0.29) is 27.9 Å². The topological polar surface area (TPSA) is 108 Å². The first-order valence-corrected chi connectivity index (χ1v) is 9.69. The quantitative estimate of drug-likeness (QED) is 0.674. The van der Waals surface area contributed by atoms with Crippen molar-refractivity contribution >= 4 is 33.2 Å². The van der Waals surface area contributed by atoms with Gasteiger partial charge in [0, 0.05) is 25.2 Å². The molecule has 10 heteroatoms. The third-order valence-corrected chi connectivity index (χ3v) is 5.48. The molecular formula is C17H17ClN4O4S. The van der Waals surface area contributed by atoms with Crippen LogP contribution >= 0.6 is 11.6 Å². The van der Waals surface area contributed by atoms with Crippen LogP contribution < -0.4 is 4.72 Å². The number of H-pyrrole nitrogens is 1. The highest BCUT2D eigenvalue weighted by atomic mass is 35.5. The summed E-state index contributed by atoms with van der Waals surface area (Å²) in [6.45, 7) is 1.53. The minimum atomic E-state index is -3.91. The number of aromatic amines is 1. The SMILES string of the molecule is Cc1oc(-c2[nH]ncc2C(=O)N(C)C)cc1S(=O)(=O)Nc1cccc(Cl)c1. The molecule has 2 aromatic heterocycles. The Balaban J connectivity index is 1.98. The number of hydrogen-bond acceptors (Lipinski definition) is 5. The minimum Gasteiger partial charge on any atom is -0.458 e. The molecule has 3 rings (SSSR count). The first kappa shape index (κ1) is 19.0. The van der Waals surface area contributed by atoms with Crippen LogP contribution in [0.3, 0.4) is 0 Å². The Bertz CT molecular complexity index is 1100. The number of aromatic nitrogens is 2. The number of carbonyl (C=O) groups excluding carboxylic acids is 1. The summed E-state index contributed by atoms with van der Waals surface area (Å²) in [6, 6.07) is 7.71. The van der Waals surface area contributed by atoms with Crippen LogP contribution in [0.15, 0.2) is 45.8 Å². The molecule has 0 aliphatic carbocycles. The maximum atomic E-state index is 12.7. The molecule has 3 aromatic rings. The summed E-state index contributed by atoms with van der Waals surface area (Å²) in [5, 5.41) is 6.96. The molecule has 2 heterocycles. The number of carbonyl (C=O) groups is 1. The number of hydrogen-bond donors (Lipinski definition) is 2. The minimum absolute atomic E-state index is 0.0460. The zero-order valence-electron chi connectivity index (χ0n) is 14.8. The van der Waals surface area contributed by atoms with Crippen molar-refractivity contribution in [2.45, 2.75) is 11.8 Å². The Morgan fingerprint density at radius 2 is 2.04 bits per heavy atom. The molecule has 0 saturated heterocycles. The number of halogens is 1. The summed E-state index contributed by atoms with van der Waals surface area (Å²) in [7, 11) is -0.696. The van der Waals surface area contributed by atoms with Crippen molar-refractivity contribution in [1.29, 1.82) is 0 Å².